The highest BCUT2D eigenvalue weighted by Gasteiger charge is 2.25. The molecule has 1 saturated carbocycles. The molecule has 1 heterocycles. The van der Waals surface area contributed by atoms with Gasteiger partial charge in [-0.2, -0.15) is 11.8 Å². The van der Waals surface area contributed by atoms with Crippen molar-refractivity contribution < 1.29 is 14.7 Å². The first kappa shape index (κ1) is 13.9. The second-order valence-electron chi connectivity index (χ2n) is 4.58. The zero-order chi connectivity index (χ0) is 13.8. The first-order valence-electron chi connectivity index (χ1n) is 6.13. The molecule has 0 spiro atoms. The van der Waals surface area contributed by atoms with E-state index < -0.39 is 5.97 Å². The zero-order valence-corrected chi connectivity index (χ0v) is 11.4. The summed E-state index contributed by atoms with van der Waals surface area (Å²) in [5.74, 6) is -1.28. The third kappa shape index (κ3) is 3.47. The van der Waals surface area contributed by atoms with Crippen LogP contribution in [0.1, 0.15) is 40.1 Å². The second kappa shape index (κ2) is 6.06. The fraction of sp³-hybridized carbons (Fsp3) is 0.462. The van der Waals surface area contributed by atoms with Crippen LogP contribution in [0.3, 0.4) is 0 Å². The minimum absolute atomic E-state index is 0.0832. The molecule has 19 heavy (non-hydrogen) atoms. The molecule has 2 N–H and O–H groups in total. The van der Waals surface area contributed by atoms with Gasteiger partial charge in [-0.1, -0.05) is 0 Å². The number of hydrogen-bond donors (Lipinski definition) is 2. The van der Waals surface area contributed by atoms with Gasteiger partial charge in [0.05, 0.1) is 5.56 Å². The third-order valence-electron chi connectivity index (χ3n) is 3.30. The number of carbonyl (C=O) groups is 2. The fourth-order valence-electron chi connectivity index (χ4n) is 2.20. The molecule has 102 valence electrons. The van der Waals surface area contributed by atoms with Gasteiger partial charge in [0, 0.05) is 17.5 Å². The first-order chi connectivity index (χ1) is 9.10. The molecule has 0 aromatic carbocycles. The van der Waals surface area contributed by atoms with E-state index in [1.807, 2.05) is 11.8 Å². The summed E-state index contributed by atoms with van der Waals surface area (Å²) in [6.45, 7) is 0. The Morgan fingerprint density at radius 3 is 2.74 bits per heavy atom. The topological polar surface area (TPSA) is 79.3 Å². The van der Waals surface area contributed by atoms with Gasteiger partial charge in [-0.3, -0.25) is 9.78 Å². The van der Waals surface area contributed by atoms with Crippen LogP contribution in [0, 0.1) is 0 Å². The number of carboxylic acid groups (broad SMARTS) is 1. The minimum Gasteiger partial charge on any atom is -0.478 e. The highest BCUT2D eigenvalue weighted by atomic mass is 32.2. The molecule has 2 rings (SSSR count). The van der Waals surface area contributed by atoms with Crippen molar-refractivity contribution in [3.63, 3.8) is 0 Å². The normalized spacial score (nSPS) is 22.2. The van der Waals surface area contributed by atoms with Gasteiger partial charge in [0.25, 0.3) is 5.91 Å². The van der Waals surface area contributed by atoms with E-state index in [4.69, 9.17) is 5.11 Å². The molecule has 1 aromatic heterocycles. The number of hydrogen-bond acceptors (Lipinski definition) is 4. The van der Waals surface area contributed by atoms with Crippen molar-refractivity contribution in [1.29, 1.82) is 0 Å². The summed E-state index contributed by atoms with van der Waals surface area (Å²) >= 11 is 1.83. The summed E-state index contributed by atoms with van der Waals surface area (Å²) in [6, 6.07) is 3.04. The van der Waals surface area contributed by atoms with Crippen LogP contribution >= 0.6 is 11.8 Å². The molecule has 0 bridgehead atoms. The molecule has 2 atom stereocenters. The van der Waals surface area contributed by atoms with Crippen molar-refractivity contribution >= 4 is 23.6 Å². The van der Waals surface area contributed by atoms with Crippen LogP contribution < -0.4 is 5.32 Å². The first-order valence-corrected chi connectivity index (χ1v) is 7.42. The van der Waals surface area contributed by atoms with Gasteiger partial charge in [-0.15, -0.1) is 0 Å². The van der Waals surface area contributed by atoms with Gasteiger partial charge >= 0.3 is 5.97 Å². The largest absolute Gasteiger partial charge is 0.478 e. The Hall–Kier alpha value is -1.56. The Balaban J connectivity index is 1.95. The van der Waals surface area contributed by atoms with Crippen molar-refractivity contribution in [3.05, 3.63) is 29.6 Å². The fourth-order valence-corrected chi connectivity index (χ4v) is 3.00. The smallest absolute Gasteiger partial charge is 0.337 e. The van der Waals surface area contributed by atoms with E-state index in [-0.39, 0.29) is 23.2 Å². The van der Waals surface area contributed by atoms with Gasteiger partial charge in [0.1, 0.15) is 5.69 Å². The van der Waals surface area contributed by atoms with Gasteiger partial charge in [-0.25, -0.2) is 4.79 Å². The van der Waals surface area contributed by atoms with E-state index >= 15 is 0 Å². The average molecular weight is 280 g/mol. The summed E-state index contributed by atoms with van der Waals surface area (Å²) in [5.41, 5.74) is 0.345. The molecule has 1 aliphatic rings. The second-order valence-corrected chi connectivity index (χ2v) is 5.72. The van der Waals surface area contributed by atoms with Crippen molar-refractivity contribution in [2.75, 3.05) is 6.26 Å². The SMILES string of the molecule is CSC1CCC(NC(=O)c2ccc(C(=O)O)cn2)C1. The third-order valence-corrected chi connectivity index (χ3v) is 4.39. The number of nitrogens with one attached hydrogen (secondary N) is 1. The van der Waals surface area contributed by atoms with Gasteiger partial charge < -0.3 is 10.4 Å². The lowest BCUT2D eigenvalue weighted by Crippen LogP contribution is -2.33. The lowest BCUT2D eigenvalue weighted by atomic mass is 10.2. The molecule has 1 fully saturated rings. The lowest BCUT2D eigenvalue weighted by Gasteiger charge is -2.12. The van der Waals surface area contributed by atoms with E-state index in [1.165, 1.54) is 18.3 Å². The molecular weight excluding hydrogens is 264 g/mol. The number of carbonyl (C=O) groups excluding carboxylic acids is 1. The van der Waals surface area contributed by atoms with Gasteiger partial charge in [0.15, 0.2) is 0 Å². The van der Waals surface area contributed by atoms with Crippen molar-refractivity contribution in [1.82, 2.24) is 10.3 Å². The average Bonchev–Trinajstić information content (AvgIpc) is 2.86. The number of amides is 1. The van der Waals surface area contributed by atoms with Crippen LogP contribution in [0.15, 0.2) is 18.3 Å². The number of rotatable bonds is 4. The quantitative estimate of drug-likeness (QED) is 0.879. The predicted molar refractivity (Wildman–Crippen MR) is 73.6 cm³/mol. The summed E-state index contributed by atoms with van der Waals surface area (Å²) in [7, 11) is 0. The summed E-state index contributed by atoms with van der Waals surface area (Å²) in [6.07, 6.45) is 6.39. The Labute approximate surface area is 115 Å². The molecule has 2 unspecified atom stereocenters. The van der Waals surface area contributed by atoms with Crippen molar-refractivity contribution in [3.8, 4) is 0 Å². The number of thioether (sulfide) groups is 1. The van der Waals surface area contributed by atoms with Gasteiger partial charge in [0.2, 0.25) is 0 Å². The Morgan fingerprint density at radius 2 is 2.21 bits per heavy atom. The van der Waals surface area contributed by atoms with Crippen molar-refractivity contribution in [2.45, 2.75) is 30.6 Å². The van der Waals surface area contributed by atoms with E-state index in [2.05, 4.69) is 16.6 Å². The molecule has 1 aliphatic carbocycles. The molecule has 1 aromatic rings. The lowest BCUT2D eigenvalue weighted by molar-refractivity contribution is 0.0695. The Morgan fingerprint density at radius 1 is 1.42 bits per heavy atom. The standard InChI is InChI=1S/C13H16N2O3S/c1-19-10-4-3-9(6-10)15-12(16)11-5-2-8(7-14-11)13(17)18/h2,5,7,9-10H,3-4,6H2,1H3,(H,15,16)(H,17,18). The monoisotopic (exact) mass is 280 g/mol. The number of aromatic carboxylic acids is 1. The maximum atomic E-state index is 11.9. The van der Waals surface area contributed by atoms with Gasteiger partial charge in [-0.05, 0) is 37.7 Å². The maximum absolute atomic E-state index is 11.9. The molecule has 0 radical (unpaired) electrons. The Bertz CT molecular complexity index is 475. The van der Waals surface area contributed by atoms with Crippen LogP contribution in [0.25, 0.3) is 0 Å². The molecule has 6 heteroatoms. The van der Waals surface area contributed by atoms with Crippen LogP contribution in [-0.2, 0) is 0 Å². The predicted octanol–water partition coefficient (Wildman–Crippen LogP) is 1.79. The Kier molecular flexibility index (Phi) is 4.42. The molecular formula is C13H16N2O3S. The van der Waals surface area contributed by atoms with Crippen LogP contribution in [-0.4, -0.2) is 39.5 Å². The number of aromatic nitrogens is 1. The molecule has 0 saturated heterocycles. The maximum Gasteiger partial charge on any atom is 0.337 e. The summed E-state index contributed by atoms with van der Waals surface area (Å²) < 4.78 is 0. The highest BCUT2D eigenvalue weighted by molar-refractivity contribution is 7.99. The number of carboxylic acids is 1. The highest BCUT2D eigenvalue weighted by Crippen LogP contribution is 2.28. The minimum atomic E-state index is -1.04. The molecule has 1 amide bonds. The van der Waals surface area contributed by atoms with Crippen LogP contribution in [0.4, 0.5) is 0 Å². The zero-order valence-electron chi connectivity index (χ0n) is 10.6. The van der Waals surface area contributed by atoms with E-state index in [0.29, 0.717) is 5.25 Å². The van der Waals surface area contributed by atoms with Crippen molar-refractivity contribution in [2.24, 2.45) is 0 Å². The van der Waals surface area contributed by atoms with E-state index in [1.54, 1.807) is 0 Å². The van der Waals surface area contributed by atoms with Crippen LogP contribution in [0.5, 0.6) is 0 Å². The number of nitrogens with zero attached hydrogens (tertiary/aromatic N) is 1. The van der Waals surface area contributed by atoms with E-state index in [9.17, 15) is 9.59 Å². The summed E-state index contributed by atoms with van der Waals surface area (Å²) in [5, 5.41) is 12.3. The number of pyridine rings is 1. The van der Waals surface area contributed by atoms with E-state index in [0.717, 1.165) is 19.3 Å². The molecule has 5 nitrogen and oxygen atoms in total. The van der Waals surface area contributed by atoms with Crippen LogP contribution in [0.2, 0.25) is 0 Å². The molecule has 0 aliphatic heterocycles. The summed E-state index contributed by atoms with van der Waals surface area (Å²) in [4.78, 5) is 26.5.